The van der Waals surface area contributed by atoms with Crippen molar-refractivity contribution in [3.63, 3.8) is 0 Å². The van der Waals surface area contributed by atoms with Crippen LogP contribution >= 0.6 is 23.2 Å². The van der Waals surface area contributed by atoms with Crippen molar-refractivity contribution in [3.8, 4) is 0 Å². The summed E-state index contributed by atoms with van der Waals surface area (Å²) >= 11 is 10.0. The molecule has 0 radical (unpaired) electrons. The lowest BCUT2D eigenvalue weighted by Gasteiger charge is -1.93. The molecule has 0 bridgehead atoms. The highest BCUT2D eigenvalue weighted by Gasteiger charge is 2.04. The standard InChI is InChI=1S/C6H6Cl2O2/c1-4(6(8)10)2-3-5(7)9/h2-4H,1H3/b3-2+. The van der Waals surface area contributed by atoms with Gasteiger partial charge in [0.1, 0.15) is 0 Å². The summed E-state index contributed by atoms with van der Waals surface area (Å²) in [6.07, 6.45) is 2.46. The predicted molar refractivity (Wildman–Crippen MR) is 40.0 cm³/mol. The lowest BCUT2D eigenvalue weighted by molar-refractivity contribution is -0.113. The fraction of sp³-hybridized carbons (Fsp3) is 0.333. The number of carbonyl (C=O) groups excluding carboxylic acids is 2. The van der Waals surface area contributed by atoms with Crippen LogP contribution in [0.25, 0.3) is 0 Å². The van der Waals surface area contributed by atoms with Crippen LogP contribution in [0.4, 0.5) is 0 Å². The van der Waals surface area contributed by atoms with E-state index in [4.69, 9.17) is 23.2 Å². The Morgan fingerprint density at radius 3 is 2.20 bits per heavy atom. The molecule has 0 N–H and O–H groups in total. The minimum atomic E-state index is -0.607. The van der Waals surface area contributed by atoms with E-state index in [9.17, 15) is 9.59 Å². The van der Waals surface area contributed by atoms with E-state index in [1.54, 1.807) is 6.92 Å². The smallest absolute Gasteiger partial charge is 0.244 e. The van der Waals surface area contributed by atoms with Gasteiger partial charge >= 0.3 is 0 Å². The van der Waals surface area contributed by atoms with Crippen molar-refractivity contribution in [1.82, 2.24) is 0 Å². The van der Waals surface area contributed by atoms with Gasteiger partial charge in [0.05, 0.1) is 0 Å². The molecule has 2 nitrogen and oxygen atoms in total. The third-order valence-corrected chi connectivity index (χ3v) is 1.34. The molecule has 0 fully saturated rings. The molecule has 0 aromatic heterocycles. The molecule has 0 saturated carbocycles. The number of hydrogen-bond acceptors (Lipinski definition) is 2. The summed E-state index contributed by atoms with van der Waals surface area (Å²) in [5.74, 6) is -0.454. The van der Waals surface area contributed by atoms with Crippen LogP contribution in [0.1, 0.15) is 6.92 Å². The highest BCUT2D eigenvalue weighted by molar-refractivity contribution is 6.66. The van der Waals surface area contributed by atoms with E-state index in [2.05, 4.69) is 0 Å². The van der Waals surface area contributed by atoms with Crippen molar-refractivity contribution in [2.24, 2.45) is 5.92 Å². The van der Waals surface area contributed by atoms with Gasteiger partial charge < -0.3 is 0 Å². The summed E-state index contributed by atoms with van der Waals surface area (Å²) in [6, 6.07) is 0. The summed E-state index contributed by atoms with van der Waals surface area (Å²) in [4.78, 5) is 20.4. The van der Waals surface area contributed by atoms with Crippen molar-refractivity contribution in [2.75, 3.05) is 0 Å². The zero-order valence-corrected chi connectivity index (χ0v) is 6.82. The third-order valence-electron chi connectivity index (χ3n) is 0.874. The van der Waals surface area contributed by atoms with Crippen molar-refractivity contribution in [3.05, 3.63) is 12.2 Å². The SMILES string of the molecule is CC(/C=C/C(=O)Cl)C(=O)Cl. The normalized spacial score (nSPS) is 13.5. The highest BCUT2D eigenvalue weighted by Crippen LogP contribution is 2.02. The second-order valence-electron chi connectivity index (χ2n) is 1.76. The fourth-order valence-electron chi connectivity index (χ4n) is 0.296. The van der Waals surface area contributed by atoms with E-state index in [1.807, 2.05) is 0 Å². The molecule has 0 saturated heterocycles. The maximum absolute atomic E-state index is 10.3. The first-order valence-electron chi connectivity index (χ1n) is 2.61. The Bertz CT molecular complexity index is 175. The summed E-state index contributed by atoms with van der Waals surface area (Å²) < 4.78 is 0. The Kier molecular flexibility index (Phi) is 4.32. The first-order valence-corrected chi connectivity index (χ1v) is 3.36. The van der Waals surface area contributed by atoms with E-state index in [0.29, 0.717) is 0 Å². The molecule has 0 heterocycles. The number of allylic oxidation sites excluding steroid dienone is 2. The van der Waals surface area contributed by atoms with Gasteiger partial charge in [-0.15, -0.1) is 0 Å². The van der Waals surface area contributed by atoms with Crippen molar-refractivity contribution in [2.45, 2.75) is 6.92 Å². The van der Waals surface area contributed by atoms with Gasteiger partial charge in [-0.2, -0.15) is 0 Å². The van der Waals surface area contributed by atoms with E-state index >= 15 is 0 Å². The van der Waals surface area contributed by atoms with Gasteiger partial charge in [-0.1, -0.05) is 13.0 Å². The Labute approximate surface area is 68.8 Å². The van der Waals surface area contributed by atoms with Gasteiger partial charge in [0.15, 0.2) is 0 Å². The highest BCUT2D eigenvalue weighted by atomic mass is 35.5. The van der Waals surface area contributed by atoms with Gasteiger partial charge in [0, 0.05) is 5.92 Å². The summed E-state index contributed by atoms with van der Waals surface area (Å²) in [6.45, 7) is 1.58. The molecule has 10 heavy (non-hydrogen) atoms. The number of hydrogen-bond donors (Lipinski definition) is 0. The molecule has 1 unspecified atom stereocenters. The van der Waals surface area contributed by atoms with Crippen LogP contribution in [-0.4, -0.2) is 10.5 Å². The van der Waals surface area contributed by atoms with Crippen LogP contribution in [0.3, 0.4) is 0 Å². The van der Waals surface area contributed by atoms with Crippen LogP contribution in [0.2, 0.25) is 0 Å². The molecule has 0 aromatic carbocycles. The minimum absolute atomic E-state index is 0.454. The van der Waals surface area contributed by atoms with E-state index < -0.39 is 16.4 Å². The number of carbonyl (C=O) groups is 2. The molecular weight excluding hydrogens is 175 g/mol. The lowest BCUT2D eigenvalue weighted by atomic mass is 10.2. The lowest BCUT2D eigenvalue weighted by Crippen LogP contribution is -1.99. The molecule has 0 amide bonds. The number of rotatable bonds is 3. The Morgan fingerprint density at radius 2 is 1.90 bits per heavy atom. The third kappa shape index (κ3) is 4.53. The van der Waals surface area contributed by atoms with Gasteiger partial charge in [-0.3, -0.25) is 9.59 Å². The van der Waals surface area contributed by atoms with Crippen LogP contribution in [0, 0.1) is 5.92 Å². The van der Waals surface area contributed by atoms with Gasteiger partial charge in [0.2, 0.25) is 10.5 Å². The molecule has 0 aromatic rings. The van der Waals surface area contributed by atoms with Crippen LogP contribution in [0.5, 0.6) is 0 Å². The molecule has 0 aliphatic rings. The van der Waals surface area contributed by atoms with E-state index in [1.165, 1.54) is 6.08 Å². The average Bonchev–Trinajstić information content (AvgIpc) is 1.82. The molecular formula is C6H6Cl2O2. The molecule has 0 spiro atoms. The molecule has 4 heteroatoms. The number of halogens is 2. The fourth-order valence-corrected chi connectivity index (χ4v) is 0.441. The van der Waals surface area contributed by atoms with Crippen LogP contribution < -0.4 is 0 Å². The second-order valence-corrected chi connectivity index (χ2v) is 2.50. The van der Waals surface area contributed by atoms with Gasteiger partial charge in [-0.25, -0.2) is 0 Å². The first kappa shape index (κ1) is 9.66. The monoisotopic (exact) mass is 180 g/mol. The summed E-state index contributed by atoms with van der Waals surface area (Å²) in [5.41, 5.74) is 0. The molecule has 0 aliphatic carbocycles. The van der Waals surface area contributed by atoms with Crippen molar-refractivity contribution < 1.29 is 9.59 Å². The van der Waals surface area contributed by atoms with E-state index in [0.717, 1.165) is 6.08 Å². The second kappa shape index (κ2) is 4.47. The first-order chi connectivity index (χ1) is 4.54. The zero-order valence-electron chi connectivity index (χ0n) is 5.30. The minimum Gasteiger partial charge on any atom is -0.281 e. The molecule has 56 valence electrons. The maximum Gasteiger partial charge on any atom is 0.244 e. The quantitative estimate of drug-likeness (QED) is 0.490. The zero-order chi connectivity index (χ0) is 8.15. The summed E-state index contributed by atoms with van der Waals surface area (Å²) in [7, 11) is 0. The Hall–Kier alpha value is -0.340. The average molecular weight is 181 g/mol. The van der Waals surface area contributed by atoms with E-state index in [-0.39, 0.29) is 0 Å². The molecule has 0 rings (SSSR count). The largest absolute Gasteiger partial charge is 0.281 e. The maximum atomic E-state index is 10.3. The van der Waals surface area contributed by atoms with Crippen molar-refractivity contribution in [1.29, 1.82) is 0 Å². The Morgan fingerprint density at radius 1 is 1.40 bits per heavy atom. The summed E-state index contributed by atoms with van der Waals surface area (Å²) in [5, 5.41) is -1.11. The van der Waals surface area contributed by atoms with Crippen molar-refractivity contribution >= 4 is 33.7 Å². The molecule has 0 aliphatic heterocycles. The topological polar surface area (TPSA) is 34.1 Å². The predicted octanol–water partition coefficient (Wildman–Crippen LogP) is 1.71. The van der Waals surface area contributed by atoms with Gasteiger partial charge in [0.25, 0.3) is 0 Å². The van der Waals surface area contributed by atoms with Gasteiger partial charge in [-0.05, 0) is 29.3 Å². The molecule has 1 atom stereocenters. The van der Waals surface area contributed by atoms with Crippen LogP contribution in [-0.2, 0) is 9.59 Å². The van der Waals surface area contributed by atoms with Crippen LogP contribution in [0.15, 0.2) is 12.2 Å². The Balaban J connectivity index is 3.89.